The Morgan fingerprint density at radius 2 is 2.28 bits per heavy atom. The number of hydrogen-bond donors (Lipinski definition) is 2. The van der Waals surface area contributed by atoms with Crippen molar-refractivity contribution in [3.05, 3.63) is 28.5 Å². The highest BCUT2D eigenvalue weighted by atomic mass is 32.1. The molecule has 1 atom stereocenters. The van der Waals surface area contributed by atoms with Crippen molar-refractivity contribution in [3.8, 4) is 0 Å². The number of nitrogens with zero attached hydrogens (tertiary/aromatic N) is 4. The Balaban J connectivity index is 2.35. The summed E-state index contributed by atoms with van der Waals surface area (Å²) in [6.45, 7) is 7.09. The molecule has 0 radical (unpaired) electrons. The van der Waals surface area contributed by atoms with Crippen LogP contribution in [-0.4, -0.2) is 19.4 Å². The van der Waals surface area contributed by atoms with Gasteiger partial charge >= 0.3 is 0 Å². The van der Waals surface area contributed by atoms with Gasteiger partial charge in [-0.1, -0.05) is 18.3 Å². The number of nitrogens with two attached hydrogens (primary N) is 1. The second-order valence-electron chi connectivity index (χ2n) is 4.41. The van der Waals surface area contributed by atoms with Crippen molar-refractivity contribution in [3.63, 3.8) is 0 Å². The van der Waals surface area contributed by atoms with Gasteiger partial charge in [-0.25, -0.2) is 5.43 Å². The zero-order valence-electron chi connectivity index (χ0n) is 10.8. The SMILES string of the molecule is CCn1cc(C(NN)c2snnc2C(C)C)cn1. The summed E-state index contributed by atoms with van der Waals surface area (Å²) in [6.07, 6.45) is 3.83. The highest BCUT2D eigenvalue weighted by Gasteiger charge is 2.22. The quantitative estimate of drug-likeness (QED) is 0.632. The molecule has 18 heavy (non-hydrogen) atoms. The van der Waals surface area contributed by atoms with E-state index in [4.69, 9.17) is 5.84 Å². The fourth-order valence-electron chi connectivity index (χ4n) is 1.83. The van der Waals surface area contributed by atoms with Gasteiger partial charge < -0.3 is 0 Å². The monoisotopic (exact) mass is 266 g/mol. The predicted octanol–water partition coefficient (Wildman–Crippen LogP) is 1.43. The Bertz CT molecular complexity index is 503. The Labute approximate surface area is 110 Å². The van der Waals surface area contributed by atoms with Gasteiger partial charge in [-0.2, -0.15) is 5.10 Å². The van der Waals surface area contributed by atoms with E-state index in [1.807, 2.05) is 17.1 Å². The highest BCUT2D eigenvalue weighted by Crippen LogP contribution is 2.29. The van der Waals surface area contributed by atoms with Gasteiger partial charge in [-0.05, 0) is 24.4 Å². The van der Waals surface area contributed by atoms with Crippen LogP contribution in [0.25, 0.3) is 0 Å². The Morgan fingerprint density at radius 3 is 2.83 bits per heavy atom. The molecule has 1 unspecified atom stereocenters. The molecule has 2 aromatic heterocycles. The van der Waals surface area contributed by atoms with E-state index in [0.717, 1.165) is 22.7 Å². The third-order valence-electron chi connectivity index (χ3n) is 2.83. The lowest BCUT2D eigenvalue weighted by Crippen LogP contribution is -2.28. The molecule has 0 aliphatic heterocycles. The fourth-order valence-corrected chi connectivity index (χ4v) is 2.73. The van der Waals surface area contributed by atoms with Gasteiger partial charge in [-0.3, -0.25) is 10.5 Å². The third-order valence-corrected chi connectivity index (χ3v) is 3.63. The second-order valence-corrected chi connectivity index (χ2v) is 5.19. The van der Waals surface area contributed by atoms with Crippen LogP contribution in [-0.2, 0) is 6.54 Å². The van der Waals surface area contributed by atoms with Crippen LogP contribution in [0.3, 0.4) is 0 Å². The van der Waals surface area contributed by atoms with Crippen LogP contribution in [0.5, 0.6) is 0 Å². The molecule has 2 aromatic rings. The molecular weight excluding hydrogens is 248 g/mol. The molecule has 0 saturated carbocycles. The van der Waals surface area contributed by atoms with E-state index in [0.29, 0.717) is 5.92 Å². The number of aryl methyl sites for hydroxylation is 1. The molecule has 0 spiro atoms. The van der Waals surface area contributed by atoms with Gasteiger partial charge in [-0.15, -0.1) is 5.10 Å². The first-order valence-electron chi connectivity index (χ1n) is 5.98. The summed E-state index contributed by atoms with van der Waals surface area (Å²) in [6, 6.07) is -0.0947. The Kier molecular flexibility index (Phi) is 4.05. The largest absolute Gasteiger partial charge is 0.273 e. The average Bonchev–Trinajstić information content (AvgIpc) is 2.98. The van der Waals surface area contributed by atoms with Crippen LogP contribution >= 0.6 is 11.5 Å². The maximum absolute atomic E-state index is 5.68. The van der Waals surface area contributed by atoms with Gasteiger partial charge in [0.15, 0.2) is 0 Å². The molecule has 2 rings (SSSR count). The normalized spacial score (nSPS) is 13.2. The number of hydrogen-bond acceptors (Lipinski definition) is 6. The molecule has 0 fully saturated rings. The first kappa shape index (κ1) is 13.1. The summed E-state index contributed by atoms with van der Waals surface area (Å²) in [5, 5.41) is 8.46. The molecule has 2 heterocycles. The van der Waals surface area contributed by atoms with E-state index in [2.05, 4.69) is 40.9 Å². The van der Waals surface area contributed by atoms with Gasteiger partial charge in [0.2, 0.25) is 0 Å². The van der Waals surface area contributed by atoms with Crippen LogP contribution in [0, 0.1) is 0 Å². The second kappa shape index (κ2) is 5.55. The van der Waals surface area contributed by atoms with Crippen LogP contribution in [0.2, 0.25) is 0 Å². The molecule has 3 N–H and O–H groups in total. The fraction of sp³-hybridized carbons (Fsp3) is 0.545. The van der Waals surface area contributed by atoms with Crippen molar-refractivity contribution >= 4 is 11.5 Å². The summed E-state index contributed by atoms with van der Waals surface area (Å²) in [5.41, 5.74) is 4.86. The van der Waals surface area contributed by atoms with Crippen LogP contribution in [0.1, 0.15) is 48.9 Å². The molecular formula is C11H18N6S. The lowest BCUT2D eigenvalue weighted by molar-refractivity contribution is 0.626. The van der Waals surface area contributed by atoms with Gasteiger partial charge in [0.25, 0.3) is 0 Å². The first-order chi connectivity index (χ1) is 8.67. The van der Waals surface area contributed by atoms with Crippen molar-refractivity contribution in [2.24, 2.45) is 5.84 Å². The maximum Gasteiger partial charge on any atom is 0.0868 e. The van der Waals surface area contributed by atoms with E-state index in [1.165, 1.54) is 11.5 Å². The van der Waals surface area contributed by atoms with Crippen LogP contribution in [0.4, 0.5) is 0 Å². The molecule has 0 aliphatic rings. The Morgan fingerprint density at radius 1 is 1.50 bits per heavy atom. The van der Waals surface area contributed by atoms with E-state index < -0.39 is 0 Å². The summed E-state index contributed by atoms with van der Waals surface area (Å²) in [5.74, 6) is 6.01. The number of rotatable bonds is 5. The smallest absolute Gasteiger partial charge is 0.0868 e. The minimum absolute atomic E-state index is 0.0947. The van der Waals surface area contributed by atoms with Crippen molar-refractivity contribution in [1.82, 2.24) is 24.8 Å². The Hall–Kier alpha value is -1.31. The topological polar surface area (TPSA) is 81.7 Å². The lowest BCUT2D eigenvalue weighted by Gasteiger charge is -2.14. The van der Waals surface area contributed by atoms with E-state index >= 15 is 0 Å². The van der Waals surface area contributed by atoms with Gasteiger partial charge in [0, 0.05) is 18.3 Å². The summed E-state index contributed by atoms with van der Waals surface area (Å²) >= 11 is 1.38. The predicted molar refractivity (Wildman–Crippen MR) is 71.1 cm³/mol. The van der Waals surface area contributed by atoms with Gasteiger partial charge in [0.05, 0.1) is 22.8 Å². The van der Waals surface area contributed by atoms with Crippen molar-refractivity contribution < 1.29 is 0 Å². The van der Waals surface area contributed by atoms with Gasteiger partial charge in [0.1, 0.15) is 0 Å². The minimum atomic E-state index is -0.0947. The number of aromatic nitrogens is 4. The summed E-state index contributed by atoms with van der Waals surface area (Å²) in [7, 11) is 0. The van der Waals surface area contributed by atoms with Crippen molar-refractivity contribution in [1.29, 1.82) is 0 Å². The molecule has 98 valence electrons. The van der Waals surface area contributed by atoms with Crippen molar-refractivity contribution in [2.75, 3.05) is 0 Å². The lowest BCUT2D eigenvalue weighted by atomic mass is 10.0. The first-order valence-corrected chi connectivity index (χ1v) is 6.75. The molecule has 7 heteroatoms. The number of nitrogens with one attached hydrogen (secondary N) is 1. The molecule has 0 aliphatic carbocycles. The van der Waals surface area contributed by atoms with Crippen LogP contribution < -0.4 is 11.3 Å². The maximum atomic E-state index is 5.68. The molecule has 0 bridgehead atoms. The van der Waals surface area contributed by atoms with E-state index in [9.17, 15) is 0 Å². The third kappa shape index (κ3) is 2.43. The summed E-state index contributed by atoms with van der Waals surface area (Å²) < 4.78 is 5.91. The van der Waals surface area contributed by atoms with E-state index in [-0.39, 0.29) is 6.04 Å². The molecule has 0 aromatic carbocycles. The number of hydrazine groups is 1. The highest BCUT2D eigenvalue weighted by molar-refractivity contribution is 7.05. The minimum Gasteiger partial charge on any atom is -0.273 e. The van der Waals surface area contributed by atoms with E-state index in [1.54, 1.807) is 0 Å². The zero-order valence-corrected chi connectivity index (χ0v) is 11.6. The molecule has 0 saturated heterocycles. The molecule has 0 amide bonds. The summed E-state index contributed by atoms with van der Waals surface area (Å²) in [4.78, 5) is 1.06. The van der Waals surface area contributed by atoms with Crippen LogP contribution in [0.15, 0.2) is 12.4 Å². The standard InChI is InChI=1S/C11H18N6S/c1-4-17-6-8(5-13-17)10(14-12)11-9(7(2)3)15-16-18-11/h5-7,10,14H,4,12H2,1-3H3. The zero-order chi connectivity index (χ0) is 13.1. The molecule has 6 nitrogen and oxygen atoms in total. The average molecular weight is 266 g/mol. The van der Waals surface area contributed by atoms with Crippen molar-refractivity contribution in [2.45, 2.75) is 39.3 Å².